The number of nitrogens with two attached hydrogens (primary N) is 1. The fraction of sp³-hybridized carbons (Fsp3) is 0.579. The summed E-state index contributed by atoms with van der Waals surface area (Å²) < 4.78 is 14.8. The zero-order valence-electron chi connectivity index (χ0n) is 14.8. The van der Waals surface area contributed by atoms with E-state index in [1.165, 1.54) is 6.07 Å². The minimum absolute atomic E-state index is 0.0282. The van der Waals surface area contributed by atoms with Crippen molar-refractivity contribution in [3.05, 3.63) is 34.1 Å². The maximum atomic E-state index is 14.0. The van der Waals surface area contributed by atoms with Gasteiger partial charge in [0.25, 0.3) is 0 Å². The molecule has 2 aliphatic heterocycles. The van der Waals surface area contributed by atoms with Gasteiger partial charge in [0.05, 0.1) is 0 Å². The number of likely N-dealkylation sites (tertiary alicyclic amines) is 2. The van der Waals surface area contributed by atoms with Crippen molar-refractivity contribution in [3.8, 4) is 0 Å². The SMILES string of the molecule is NC(=O)C1CCN(C(=O)C2CCN(Cc3c(F)cccc3Br)CC2)CC1. The lowest BCUT2D eigenvalue weighted by Gasteiger charge is -2.36. The number of hydrogen-bond acceptors (Lipinski definition) is 3. The molecule has 2 amide bonds. The van der Waals surface area contributed by atoms with Crippen LogP contribution >= 0.6 is 15.9 Å². The summed E-state index contributed by atoms with van der Waals surface area (Å²) in [6.07, 6.45) is 2.92. The van der Waals surface area contributed by atoms with Gasteiger partial charge in [-0.3, -0.25) is 14.5 Å². The zero-order chi connectivity index (χ0) is 18.7. The molecule has 0 aliphatic carbocycles. The average molecular weight is 426 g/mol. The van der Waals surface area contributed by atoms with Gasteiger partial charge in [-0.1, -0.05) is 22.0 Å². The van der Waals surface area contributed by atoms with E-state index in [0.29, 0.717) is 38.0 Å². The normalized spacial score (nSPS) is 20.3. The molecule has 0 radical (unpaired) electrons. The first-order valence-corrected chi connectivity index (χ1v) is 9.98. The first-order valence-electron chi connectivity index (χ1n) is 9.19. The Morgan fingerprint density at radius 1 is 1.08 bits per heavy atom. The van der Waals surface area contributed by atoms with Crippen LogP contribution in [0.4, 0.5) is 4.39 Å². The molecule has 2 heterocycles. The van der Waals surface area contributed by atoms with Crippen LogP contribution < -0.4 is 5.73 Å². The largest absolute Gasteiger partial charge is 0.369 e. The molecule has 2 fully saturated rings. The number of carbonyl (C=O) groups excluding carboxylic acids is 2. The number of nitrogens with zero attached hydrogens (tertiary/aromatic N) is 2. The molecule has 1 aromatic carbocycles. The molecule has 7 heteroatoms. The highest BCUT2D eigenvalue weighted by molar-refractivity contribution is 9.10. The van der Waals surface area contributed by atoms with E-state index in [9.17, 15) is 14.0 Å². The number of piperidine rings is 2. The second kappa shape index (κ2) is 8.48. The Morgan fingerprint density at radius 3 is 2.27 bits per heavy atom. The number of amides is 2. The molecular weight excluding hydrogens is 401 g/mol. The quantitative estimate of drug-likeness (QED) is 0.805. The second-order valence-corrected chi connectivity index (χ2v) is 8.11. The Morgan fingerprint density at radius 2 is 1.69 bits per heavy atom. The van der Waals surface area contributed by atoms with Gasteiger partial charge in [0.2, 0.25) is 11.8 Å². The molecule has 142 valence electrons. The summed E-state index contributed by atoms with van der Waals surface area (Å²) in [5, 5.41) is 0. The van der Waals surface area contributed by atoms with Crippen molar-refractivity contribution in [2.75, 3.05) is 26.2 Å². The third-order valence-corrected chi connectivity index (χ3v) is 6.33. The first kappa shape index (κ1) is 19.3. The maximum absolute atomic E-state index is 14.0. The molecule has 0 unspecified atom stereocenters. The van der Waals surface area contributed by atoms with Gasteiger partial charge in [-0.2, -0.15) is 0 Å². The van der Waals surface area contributed by atoms with Crippen molar-refractivity contribution in [2.24, 2.45) is 17.6 Å². The molecule has 3 rings (SSSR count). The van der Waals surface area contributed by atoms with E-state index < -0.39 is 0 Å². The highest BCUT2D eigenvalue weighted by Crippen LogP contribution is 2.27. The third-order valence-electron chi connectivity index (χ3n) is 5.59. The first-order chi connectivity index (χ1) is 12.5. The predicted octanol–water partition coefficient (Wildman–Crippen LogP) is 2.52. The monoisotopic (exact) mass is 425 g/mol. The van der Waals surface area contributed by atoms with E-state index in [1.54, 1.807) is 6.07 Å². The summed E-state index contributed by atoms with van der Waals surface area (Å²) in [7, 11) is 0. The molecule has 0 spiro atoms. The highest BCUT2D eigenvalue weighted by Gasteiger charge is 2.32. The lowest BCUT2D eigenvalue weighted by molar-refractivity contribution is -0.140. The molecule has 2 aliphatic rings. The van der Waals surface area contributed by atoms with Crippen molar-refractivity contribution in [1.82, 2.24) is 9.80 Å². The van der Waals surface area contributed by atoms with E-state index in [2.05, 4.69) is 20.8 Å². The summed E-state index contributed by atoms with van der Waals surface area (Å²) in [5.74, 6) is -0.334. The summed E-state index contributed by atoms with van der Waals surface area (Å²) in [6, 6.07) is 5.02. The molecular formula is C19H25BrFN3O2. The minimum Gasteiger partial charge on any atom is -0.369 e. The molecule has 2 saturated heterocycles. The smallest absolute Gasteiger partial charge is 0.225 e. The average Bonchev–Trinajstić information content (AvgIpc) is 2.65. The second-order valence-electron chi connectivity index (χ2n) is 7.25. The van der Waals surface area contributed by atoms with E-state index in [1.807, 2.05) is 11.0 Å². The molecule has 5 nitrogen and oxygen atoms in total. The molecule has 1 aromatic rings. The number of hydrogen-bond donors (Lipinski definition) is 1. The van der Waals surface area contributed by atoms with Gasteiger partial charge in [-0.05, 0) is 50.9 Å². The number of rotatable bonds is 4. The number of benzene rings is 1. The minimum atomic E-state index is -0.260. The van der Waals surface area contributed by atoms with E-state index in [-0.39, 0.29) is 29.5 Å². The van der Waals surface area contributed by atoms with E-state index in [4.69, 9.17) is 5.73 Å². The zero-order valence-corrected chi connectivity index (χ0v) is 16.4. The summed E-state index contributed by atoms with van der Waals surface area (Å²) in [4.78, 5) is 28.1. The van der Waals surface area contributed by atoms with Gasteiger partial charge in [0.15, 0.2) is 0 Å². The van der Waals surface area contributed by atoms with Gasteiger partial charge in [0, 0.05) is 41.5 Å². The van der Waals surface area contributed by atoms with Gasteiger partial charge in [-0.25, -0.2) is 4.39 Å². The van der Waals surface area contributed by atoms with Crippen LogP contribution in [-0.2, 0) is 16.1 Å². The predicted molar refractivity (Wildman–Crippen MR) is 101 cm³/mol. The maximum Gasteiger partial charge on any atom is 0.225 e. The number of primary amides is 1. The lowest BCUT2D eigenvalue weighted by Crippen LogP contribution is -2.46. The van der Waals surface area contributed by atoms with Crippen molar-refractivity contribution in [3.63, 3.8) is 0 Å². The molecule has 26 heavy (non-hydrogen) atoms. The van der Waals surface area contributed by atoms with Crippen LogP contribution in [0.1, 0.15) is 31.2 Å². The molecule has 2 N–H and O–H groups in total. The van der Waals surface area contributed by atoms with Crippen molar-refractivity contribution in [2.45, 2.75) is 32.2 Å². The Kier molecular flexibility index (Phi) is 6.29. The van der Waals surface area contributed by atoms with Crippen LogP contribution in [-0.4, -0.2) is 47.8 Å². The van der Waals surface area contributed by atoms with Gasteiger partial charge < -0.3 is 10.6 Å². The summed E-state index contributed by atoms with van der Waals surface area (Å²) >= 11 is 3.42. The van der Waals surface area contributed by atoms with Crippen LogP contribution in [0.5, 0.6) is 0 Å². The Bertz CT molecular complexity index is 648. The summed E-state index contributed by atoms with van der Waals surface area (Å²) in [6.45, 7) is 3.37. The van der Waals surface area contributed by atoms with Crippen molar-refractivity contribution in [1.29, 1.82) is 0 Å². The van der Waals surface area contributed by atoms with E-state index >= 15 is 0 Å². The van der Waals surface area contributed by atoms with Crippen LogP contribution in [0, 0.1) is 17.7 Å². The van der Waals surface area contributed by atoms with Crippen LogP contribution in [0.15, 0.2) is 22.7 Å². The summed E-state index contributed by atoms with van der Waals surface area (Å²) in [5.41, 5.74) is 6.03. The molecule has 0 atom stereocenters. The van der Waals surface area contributed by atoms with Crippen LogP contribution in [0.3, 0.4) is 0 Å². The van der Waals surface area contributed by atoms with Crippen LogP contribution in [0.25, 0.3) is 0 Å². The molecule has 0 bridgehead atoms. The van der Waals surface area contributed by atoms with Crippen molar-refractivity contribution >= 4 is 27.7 Å². The highest BCUT2D eigenvalue weighted by atomic mass is 79.9. The fourth-order valence-electron chi connectivity index (χ4n) is 3.89. The molecule has 0 saturated carbocycles. The molecule has 0 aromatic heterocycles. The van der Waals surface area contributed by atoms with Crippen molar-refractivity contribution < 1.29 is 14.0 Å². The third kappa shape index (κ3) is 4.43. The van der Waals surface area contributed by atoms with Crippen LogP contribution in [0.2, 0.25) is 0 Å². The fourth-order valence-corrected chi connectivity index (χ4v) is 4.36. The lowest BCUT2D eigenvalue weighted by atomic mass is 9.91. The Balaban J connectivity index is 1.49. The Labute approximate surface area is 161 Å². The topological polar surface area (TPSA) is 66.6 Å². The van der Waals surface area contributed by atoms with Gasteiger partial charge >= 0.3 is 0 Å². The van der Waals surface area contributed by atoms with Gasteiger partial charge in [-0.15, -0.1) is 0 Å². The van der Waals surface area contributed by atoms with Gasteiger partial charge in [0.1, 0.15) is 5.82 Å². The number of halogens is 2. The van der Waals surface area contributed by atoms with E-state index in [0.717, 1.165) is 30.4 Å². The Hall–Kier alpha value is -1.47. The number of carbonyl (C=O) groups is 2. The standard InChI is InChI=1S/C19H25BrFN3O2/c20-16-2-1-3-17(21)15(16)12-23-8-4-14(5-9-23)19(26)24-10-6-13(7-11-24)18(22)25/h1-3,13-14H,4-12H2,(H2,22,25).